The van der Waals surface area contributed by atoms with Crippen LogP contribution >= 0.6 is 0 Å². The highest BCUT2D eigenvalue weighted by atomic mass is 16.2. The summed E-state index contributed by atoms with van der Waals surface area (Å²) in [5.74, 6) is 0. The first-order valence-corrected chi connectivity index (χ1v) is 5.98. The zero-order valence-corrected chi connectivity index (χ0v) is 10.4. The summed E-state index contributed by atoms with van der Waals surface area (Å²) in [7, 11) is 0. The molecule has 0 radical (unpaired) electrons. The minimum absolute atomic E-state index is 0.0131. The van der Waals surface area contributed by atoms with Crippen molar-refractivity contribution in [1.82, 2.24) is 5.32 Å². The third-order valence-electron chi connectivity index (χ3n) is 3.20. The summed E-state index contributed by atoms with van der Waals surface area (Å²) in [5, 5.41) is 2.96. The van der Waals surface area contributed by atoms with Crippen molar-refractivity contribution in [3.8, 4) is 0 Å². The Kier molecular flexibility index (Phi) is 3.33. The number of carbonyl (C=O) groups excluding carboxylic acids is 1. The van der Waals surface area contributed by atoms with Crippen LogP contribution in [0.4, 0.5) is 10.5 Å². The molecular weight excluding hydrogens is 214 g/mol. The quantitative estimate of drug-likeness (QED) is 0.832. The van der Waals surface area contributed by atoms with Gasteiger partial charge in [0.2, 0.25) is 0 Å². The Morgan fingerprint density at radius 2 is 2.06 bits per heavy atom. The van der Waals surface area contributed by atoms with Crippen molar-refractivity contribution < 1.29 is 4.79 Å². The van der Waals surface area contributed by atoms with E-state index >= 15 is 0 Å². The molecule has 4 heteroatoms. The van der Waals surface area contributed by atoms with Crippen LogP contribution in [0.2, 0.25) is 0 Å². The maximum Gasteiger partial charge on any atom is 0.322 e. The molecule has 92 valence electrons. The SMILES string of the molecule is Cc1cccc(C)c1N1CC(CCN)NC1=O. The fraction of sp³-hybridized carbons (Fsp3) is 0.462. The molecular formula is C13H19N3O. The van der Waals surface area contributed by atoms with Crippen molar-refractivity contribution in [2.45, 2.75) is 26.3 Å². The Morgan fingerprint density at radius 1 is 1.41 bits per heavy atom. The molecule has 1 fully saturated rings. The molecule has 0 spiro atoms. The smallest absolute Gasteiger partial charge is 0.322 e. The topological polar surface area (TPSA) is 58.4 Å². The van der Waals surface area contributed by atoms with Gasteiger partial charge in [-0.1, -0.05) is 18.2 Å². The Balaban J connectivity index is 2.26. The predicted molar refractivity (Wildman–Crippen MR) is 69.3 cm³/mol. The molecule has 1 aliphatic heterocycles. The summed E-state index contributed by atoms with van der Waals surface area (Å²) >= 11 is 0. The lowest BCUT2D eigenvalue weighted by Gasteiger charge is -2.19. The van der Waals surface area contributed by atoms with Crippen molar-refractivity contribution in [2.24, 2.45) is 5.73 Å². The fourth-order valence-corrected chi connectivity index (χ4v) is 2.39. The van der Waals surface area contributed by atoms with Gasteiger partial charge in [0.25, 0.3) is 0 Å². The average Bonchev–Trinajstić information content (AvgIpc) is 2.60. The second kappa shape index (κ2) is 4.75. The monoisotopic (exact) mass is 233 g/mol. The lowest BCUT2D eigenvalue weighted by molar-refractivity contribution is 0.250. The van der Waals surface area contributed by atoms with Crippen LogP contribution < -0.4 is 16.0 Å². The summed E-state index contributed by atoms with van der Waals surface area (Å²) in [6.45, 7) is 5.38. The molecule has 17 heavy (non-hydrogen) atoms. The van der Waals surface area contributed by atoms with Crippen molar-refractivity contribution in [3.05, 3.63) is 29.3 Å². The standard InChI is InChI=1S/C13H19N3O/c1-9-4-3-5-10(2)12(9)16-8-11(6-7-14)15-13(16)17/h3-5,11H,6-8,14H2,1-2H3,(H,15,17). The molecule has 0 aliphatic carbocycles. The van der Waals surface area contributed by atoms with E-state index < -0.39 is 0 Å². The number of nitrogens with zero attached hydrogens (tertiary/aromatic N) is 1. The highest BCUT2D eigenvalue weighted by Gasteiger charge is 2.30. The summed E-state index contributed by atoms with van der Waals surface area (Å²) in [6.07, 6.45) is 0.827. The summed E-state index contributed by atoms with van der Waals surface area (Å²) in [4.78, 5) is 13.8. The third kappa shape index (κ3) is 2.26. The second-order valence-electron chi connectivity index (χ2n) is 4.57. The summed E-state index contributed by atoms with van der Waals surface area (Å²) in [5.41, 5.74) is 8.83. The Hall–Kier alpha value is -1.55. The number of anilines is 1. The van der Waals surface area contributed by atoms with Crippen LogP contribution in [-0.2, 0) is 0 Å². The van der Waals surface area contributed by atoms with Crippen molar-refractivity contribution in [3.63, 3.8) is 0 Å². The number of urea groups is 1. The molecule has 1 heterocycles. The number of rotatable bonds is 3. The number of benzene rings is 1. The number of hydrogen-bond donors (Lipinski definition) is 2. The molecule has 0 saturated carbocycles. The van der Waals surface area contributed by atoms with Crippen LogP contribution in [0.15, 0.2) is 18.2 Å². The van der Waals surface area contributed by atoms with E-state index in [1.54, 1.807) is 0 Å². The van der Waals surface area contributed by atoms with Crippen LogP contribution in [0, 0.1) is 13.8 Å². The van der Waals surface area contributed by atoms with Gasteiger partial charge in [0.15, 0.2) is 0 Å². The van der Waals surface area contributed by atoms with Gasteiger partial charge in [0.1, 0.15) is 0 Å². The highest BCUT2D eigenvalue weighted by molar-refractivity contribution is 5.96. The minimum atomic E-state index is -0.0131. The zero-order chi connectivity index (χ0) is 12.4. The number of aryl methyl sites for hydroxylation is 2. The lowest BCUT2D eigenvalue weighted by atomic mass is 10.1. The predicted octanol–water partition coefficient (Wildman–Crippen LogP) is 1.55. The first kappa shape index (κ1) is 11.9. The van der Waals surface area contributed by atoms with E-state index in [1.165, 1.54) is 0 Å². The maximum atomic E-state index is 11.9. The third-order valence-corrected chi connectivity index (χ3v) is 3.20. The first-order valence-electron chi connectivity index (χ1n) is 5.98. The number of nitrogens with two attached hydrogens (primary N) is 1. The Bertz CT molecular complexity index is 410. The summed E-state index contributed by atoms with van der Waals surface area (Å²) < 4.78 is 0. The van der Waals surface area contributed by atoms with Gasteiger partial charge in [-0.25, -0.2) is 4.79 Å². The van der Waals surface area contributed by atoms with Crippen LogP contribution in [0.5, 0.6) is 0 Å². The van der Waals surface area contributed by atoms with Gasteiger partial charge in [-0.05, 0) is 37.9 Å². The number of carbonyl (C=O) groups is 1. The van der Waals surface area contributed by atoms with E-state index in [0.29, 0.717) is 13.1 Å². The molecule has 1 aliphatic rings. The number of amides is 2. The molecule has 3 N–H and O–H groups in total. The zero-order valence-electron chi connectivity index (χ0n) is 10.4. The van der Waals surface area contributed by atoms with Crippen LogP contribution in [-0.4, -0.2) is 25.2 Å². The molecule has 4 nitrogen and oxygen atoms in total. The number of hydrogen-bond acceptors (Lipinski definition) is 2. The molecule has 1 aromatic rings. The summed E-state index contributed by atoms with van der Waals surface area (Å²) in [6, 6.07) is 6.24. The molecule has 0 bridgehead atoms. The van der Waals surface area contributed by atoms with Gasteiger partial charge in [-0.2, -0.15) is 0 Å². The molecule has 1 saturated heterocycles. The van der Waals surface area contributed by atoms with Crippen LogP contribution in [0.25, 0.3) is 0 Å². The Labute approximate surface area is 102 Å². The van der Waals surface area contributed by atoms with Crippen molar-refractivity contribution in [1.29, 1.82) is 0 Å². The van der Waals surface area contributed by atoms with E-state index in [2.05, 4.69) is 5.32 Å². The van der Waals surface area contributed by atoms with Gasteiger partial charge < -0.3 is 11.1 Å². The van der Waals surface area contributed by atoms with E-state index in [1.807, 2.05) is 36.9 Å². The number of nitrogens with one attached hydrogen (secondary N) is 1. The molecule has 0 aromatic heterocycles. The van der Waals surface area contributed by atoms with Crippen molar-refractivity contribution in [2.75, 3.05) is 18.0 Å². The Morgan fingerprint density at radius 3 is 2.65 bits per heavy atom. The van der Waals surface area contributed by atoms with Crippen LogP contribution in [0.3, 0.4) is 0 Å². The van der Waals surface area contributed by atoms with Gasteiger partial charge >= 0.3 is 6.03 Å². The maximum absolute atomic E-state index is 11.9. The van der Waals surface area contributed by atoms with E-state index in [0.717, 1.165) is 23.2 Å². The van der Waals surface area contributed by atoms with Crippen LogP contribution in [0.1, 0.15) is 17.5 Å². The van der Waals surface area contributed by atoms with Gasteiger partial charge in [-0.15, -0.1) is 0 Å². The number of para-hydroxylation sites is 1. The minimum Gasteiger partial charge on any atom is -0.333 e. The molecule has 2 rings (SSSR count). The fourth-order valence-electron chi connectivity index (χ4n) is 2.39. The van der Waals surface area contributed by atoms with E-state index in [4.69, 9.17) is 5.73 Å². The normalized spacial score (nSPS) is 19.6. The second-order valence-corrected chi connectivity index (χ2v) is 4.57. The molecule has 1 atom stereocenters. The lowest BCUT2D eigenvalue weighted by Crippen LogP contribution is -2.30. The van der Waals surface area contributed by atoms with E-state index in [-0.39, 0.29) is 12.1 Å². The van der Waals surface area contributed by atoms with Gasteiger partial charge in [0.05, 0.1) is 5.69 Å². The highest BCUT2D eigenvalue weighted by Crippen LogP contribution is 2.27. The molecule has 1 unspecified atom stereocenters. The molecule has 2 amide bonds. The average molecular weight is 233 g/mol. The largest absolute Gasteiger partial charge is 0.333 e. The van der Waals surface area contributed by atoms with Crippen molar-refractivity contribution >= 4 is 11.7 Å². The van der Waals surface area contributed by atoms with Gasteiger partial charge in [-0.3, -0.25) is 4.90 Å². The molecule has 1 aromatic carbocycles. The first-order chi connectivity index (χ1) is 8.13. The van der Waals surface area contributed by atoms with Gasteiger partial charge in [0, 0.05) is 12.6 Å². The van der Waals surface area contributed by atoms with E-state index in [9.17, 15) is 4.79 Å².